The van der Waals surface area contributed by atoms with E-state index in [9.17, 15) is 18.0 Å². The molecule has 2 atom stereocenters. The van der Waals surface area contributed by atoms with Crippen LogP contribution >= 0.6 is 0 Å². The smallest absolute Gasteiger partial charge is 0.369 e. The van der Waals surface area contributed by atoms with Gasteiger partial charge in [-0.3, -0.25) is 9.48 Å². The van der Waals surface area contributed by atoms with E-state index < -0.39 is 17.8 Å². The van der Waals surface area contributed by atoms with Crippen LogP contribution in [-0.4, -0.2) is 31.8 Å². The van der Waals surface area contributed by atoms with Crippen LogP contribution in [0.4, 0.5) is 13.2 Å². The molecule has 0 radical (unpaired) electrons. The molecule has 1 aliphatic heterocycles. The van der Waals surface area contributed by atoms with E-state index in [1.165, 1.54) is 0 Å². The number of nitrogens with zero attached hydrogens (tertiary/aromatic N) is 4. The molecule has 1 aliphatic rings. The van der Waals surface area contributed by atoms with Crippen LogP contribution in [0.15, 0.2) is 12.3 Å². The number of carbonyl (C=O) groups is 1. The molecule has 1 N–H and O–H groups in total. The Morgan fingerprint density at radius 2 is 2.15 bits per heavy atom. The molecule has 0 aliphatic carbocycles. The van der Waals surface area contributed by atoms with Gasteiger partial charge >= 0.3 is 6.18 Å². The van der Waals surface area contributed by atoms with Gasteiger partial charge in [0.2, 0.25) is 0 Å². The van der Waals surface area contributed by atoms with Crippen molar-refractivity contribution in [2.45, 2.75) is 45.2 Å². The first kappa shape index (κ1) is 18.3. The Morgan fingerprint density at radius 3 is 2.85 bits per heavy atom. The first-order valence-corrected chi connectivity index (χ1v) is 8.05. The number of halogens is 3. The quantitative estimate of drug-likeness (QED) is 0.897. The highest BCUT2D eigenvalue weighted by atomic mass is 19.4. The maximum atomic E-state index is 12.7. The van der Waals surface area contributed by atoms with Crippen LogP contribution in [-0.2, 0) is 30.9 Å². The van der Waals surface area contributed by atoms with E-state index in [0.717, 1.165) is 23.5 Å². The van der Waals surface area contributed by atoms with E-state index in [4.69, 9.17) is 4.74 Å². The summed E-state index contributed by atoms with van der Waals surface area (Å²) in [5, 5.41) is 6.79. The highest BCUT2D eigenvalue weighted by Crippen LogP contribution is 2.31. The Balaban J connectivity index is 1.77. The van der Waals surface area contributed by atoms with Crippen LogP contribution < -0.4 is 5.32 Å². The summed E-state index contributed by atoms with van der Waals surface area (Å²) in [7, 11) is 1.72. The number of hydrogen-bond donors (Lipinski definition) is 1. The number of hydrogen-bond acceptors (Lipinski definition) is 5. The van der Waals surface area contributed by atoms with Crippen molar-refractivity contribution in [2.24, 2.45) is 7.05 Å². The van der Waals surface area contributed by atoms with Crippen LogP contribution in [0.3, 0.4) is 0 Å². The molecule has 10 heteroatoms. The van der Waals surface area contributed by atoms with Gasteiger partial charge in [0.15, 0.2) is 5.69 Å². The molecule has 140 valence electrons. The molecule has 1 amide bonds. The maximum absolute atomic E-state index is 12.7. The normalized spacial score (nSPS) is 19.9. The SMILES string of the molecule is C[C@@H]1Cc2c(C(=O)NCc3nccc(C(F)(F)F)n3)nn(C)c2[C@H](C)O1. The van der Waals surface area contributed by atoms with Gasteiger partial charge in [0.25, 0.3) is 5.91 Å². The fraction of sp³-hybridized carbons (Fsp3) is 0.500. The predicted octanol–water partition coefficient (Wildman–Crippen LogP) is 2.18. The molecule has 0 saturated heterocycles. The first-order valence-electron chi connectivity index (χ1n) is 8.05. The average molecular weight is 369 g/mol. The second kappa shape index (κ2) is 6.67. The summed E-state index contributed by atoms with van der Waals surface area (Å²) < 4.78 is 45.4. The second-order valence-corrected chi connectivity index (χ2v) is 6.17. The van der Waals surface area contributed by atoms with Gasteiger partial charge in [0, 0.05) is 25.2 Å². The molecule has 0 bridgehead atoms. The third kappa shape index (κ3) is 3.55. The summed E-state index contributed by atoms with van der Waals surface area (Å²) >= 11 is 0. The van der Waals surface area contributed by atoms with Gasteiger partial charge in [-0.05, 0) is 19.9 Å². The Bertz CT molecular complexity index is 834. The maximum Gasteiger partial charge on any atom is 0.433 e. The molecule has 0 fully saturated rings. The molecule has 26 heavy (non-hydrogen) atoms. The zero-order chi connectivity index (χ0) is 19.1. The van der Waals surface area contributed by atoms with Crippen LogP contribution in [0.2, 0.25) is 0 Å². The molecular formula is C16H18F3N5O2. The van der Waals surface area contributed by atoms with Crippen molar-refractivity contribution in [3.63, 3.8) is 0 Å². The van der Waals surface area contributed by atoms with Crippen molar-refractivity contribution < 1.29 is 22.7 Å². The topological polar surface area (TPSA) is 81.9 Å². The summed E-state index contributed by atoms with van der Waals surface area (Å²) in [6.45, 7) is 3.56. The van der Waals surface area contributed by atoms with Gasteiger partial charge in [-0.2, -0.15) is 18.3 Å². The van der Waals surface area contributed by atoms with Gasteiger partial charge in [-0.15, -0.1) is 0 Å². The first-order chi connectivity index (χ1) is 12.2. The minimum atomic E-state index is -4.56. The molecule has 2 aromatic rings. The molecule has 0 unspecified atom stereocenters. The fourth-order valence-electron chi connectivity index (χ4n) is 3.11. The number of rotatable bonds is 3. The summed E-state index contributed by atoms with van der Waals surface area (Å²) in [5.41, 5.74) is 0.813. The van der Waals surface area contributed by atoms with Crippen molar-refractivity contribution in [1.82, 2.24) is 25.1 Å². The molecule has 2 aromatic heterocycles. The van der Waals surface area contributed by atoms with E-state index in [-0.39, 0.29) is 30.3 Å². The zero-order valence-corrected chi connectivity index (χ0v) is 14.5. The van der Waals surface area contributed by atoms with E-state index in [1.54, 1.807) is 11.7 Å². The summed E-state index contributed by atoms with van der Waals surface area (Å²) in [4.78, 5) is 19.7. The van der Waals surface area contributed by atoms with Gasteiger partial charge < -0.3 is 10.1 Å². The van der Waals surface area contributed by atoms with Crippen LogP contribution in [0, 0.1) is 0 Å². The highest BCUT2D eigenvalue weighted by molar-refractivity contribution is 5.94. The number of fused-ring (bicyclic) bond motifs is 1. The van der Waals surface area contributed by atoms with Crippen molar-refractivity contribution in [2.75, 3.05) is 0 Å². The number of nitrogens with one attached hydrogen (secondary N) is 1. The van der Waals surface area contributed by atoms with Gasteiger partial charge in [0.05, 0.1) is 24.4 Å². The molecule has 0 aromatic carbocycles. The molecule has 0 spiro atoms. The third-order valence-electron chi connectivity index (χ3n) is 4.12. The average Bonchev–Trinajstić information content (AvgIpc) is 2.89. The minimum absolute atomic E-state index is 0.0555. The van der Waals surface area contributed by atoms with Crippen molar-refractivity contribution >= 4 is 5.91 Å². The van der Waals surface area contributed by atoms with Crippen LogP contribution in [0.5, 0.6) is 0 Å². The number of carbonyl (C=O) groups excluding carboxylic acids is 1. The second-order valence-electron chi connectivity index (χ2n) is 6.17. The molecule has 3 rings (SSSR count). The number of ether oxygens (including phenoxy) is 1. The summed E-state index contributed by atoms with van der Waals surface area (Å²) in [6.07, 6.45) is -3.26. The molecule has 0 saturated carbocycles. The lowest BCUT2D eigenvalue weighted by atomic mass is 9.99. The lowest BCUT2D eigenvalue weighted by molar-refractivity contribution is -0.141. The molecular weight excluding hydrogens is 351 g/mol. The van der Waals surface area contributed by atoms with E-state index >= 15 is 0 Å². The van der Waals surface area contributed by atoms with Crippen molar-refractivity contribution in [3.05, 3.63) is 40.7 Å². The van der Waals surface area contributed by atoms with Crippen molar-refractivity contribution in [3.8, 4) is 0 Å². The Kier molecular flexibility index (Phi) is 4.70. The van der Waals surface area contributed by atoms with E-state index in [1.807, 2.05) is 13.8 Å². The lowest BCUT2D eigenvalue weighted by Crippen LogP contribution is -2.28. The lowest BCUT2D eigenvalue weighted by Gasteiger charge is -2.26. The standard InChI is InChI=1S/C16H18F3N5O2/c1-8-6-10-13(23-24(3)14(10)9(2)26-8)15(25)21-7-12-20-5-4-11(22-12)16(17,18)19/h4-5,8-9H,6-7H2,1-3H3,(H,21,25)/t8-,9+/m1/s1. The number of aromatic nitrogens is 4. The number of aryl methyl sites for hydroxylation is 1. The number of alkyl halides is 3. The minimum Gasteiger partial charge on any atom is -0.369 e. The van der Waals surface area contributed by atoms with Gasteiger partial charge in [0.1, 0.15) is 11.5 Å². The Labute approximate surface area is 147 Å². The van der Waals surface area contributed by atoms with Crippen molar-refractivity contribution in [1.29, 1.82) is 0 Å². The Hall–Kier alpha value is -2.49. The summed E-state index contributed by atoms with van der Waals surface area (Å²) in [6, 6.07) is 0.781. The molecule has 7 nitrogen and oxygen atoms in total. The van der Waals surface area contributed by atoms with Crippen LogP contribution in [0.1, 0.15) is 53.2 Å². The highest BCUT2D eigenvalue weighted by Gasteiger charge is 2.33. The monoisotopic (exact) mass is 369 g/mol. The van der Waals surface area contributed by atoms with Gasteiger partial charge in [-0.1, -0.05) is 0 Å². The Morgan fingerprint density at radius 1 is 1.42 bits per heavy atom. The third-order valence-corrected chi connectivity index (χ3v) is 4.12. The van der Waals surface area contributed by atoms with E-state index in [0.29, 0.717) is 6.42 Å². The fourth-order valence-corrected chi connectivity index (χ4v) is 3.11. The van der Waals surface area contributed by atoms with Crippen LogP contribution in [0.25, 0.3) is 0 Å². The predicted molar refractivity (Wildman–Crippen MR) is 84.1 cm³/mol. The molecule has 3 heterocycles. The largest absolute Gasteiger partial charge is 0.433 e. The van der Waals surface area contributed by atoms with Gasteiger partial charge in [-0.25, -0.2) is 9.97 Å². The van der Waals surface area contributed by atoms with E-state index in [2.05, 4.69) is 20.4 Å². The summed E-state index contributed by atoms with van der Waals surface area (Å²) in [5.74, 6) is -0.604. The zero-order valence-electron chi connectivity index (χ0n) is 14.5. The number of amides is 1.